The van der Waals surface area contributed by atoms with E-state index in [2.05, 4.69) is 11.4 Å². The van der Waals surface area contributed by atoms with Gasteiger partial charge in [-0.1, -0.05) is 0 Å². The molecule has 1 aromatic carbocycles. The zero-order valence-electron chi connectivity index (χ0n) is 9.94. The van der Waals surface area contributed by atoms with Gasteiger partial charge in [0.15, 0.2) is 17.6 Å². The number of amides is 2. The maximum absolute atomic E-state index is 11.3. The van der Waals surface area contributed by atoms with Crippen molar-refractivity contribution in [1.29, 1.82) is 0 Å². The normalized spacial score (nSPS) is 17.4. The topological polar surface area (TPSA) is 90.7 Å². The molecule has 1 heterocycles. The molecule has 1 atom stereocenters. The van der Waals surface area contributed by atoms with Gasteiger partial charge in [-0.2, -0.15) is 0 Å². The number of nitrogens with two attached hydrogens (primary N) is 1. The summed E-state index contributed by atoms with van der Waals surface area (Å²) in [4.78, 5) is 22.5. The molecule has 1 aliphatic rings. The van der Waals surface area contributed by atoms with Crippen LogP contribution in [0.25, 0.3) is 0 Å². The number of primary amides is 1. The number of halogens is 1. The molecule has 2 amide bonds. The molecule has 0 fully saturated rings. The second kappa shape index (κ2) is 5.79. The molecule has 0 aromatic heterocycles. The molecular formula is C12H12ClN2O4. The van der Waals surface area contributed by atoms with Crippen LogP contribution in [-0.2, 0) is 9.59 Å². The highest BCUT2D eigenvalue weighted by molar-refractivity contribution is 6.29. The molecule has 1 aromatic rings. The molecule has 6 nitrogen and oxygen atoms in total. The molecule has 0 saturated carbocycles. The van der Waals surface area contributed by atoms with Crippen LogP contribution in [0.15, 0.2) is 12.1 Å². The summed E-state index contributed by atoms with van der Waals surface area (Å²) in [7, 11) is 0. The lowest BCUT2D eigenvalue weighted by Gasteiger charge is -2.14. The van der Waals surface area contributed by atoms with Gasteiger partial charge in [0, 0.05) is 6.42 Å². The van der Waals surface area contributed by atoms with E-state index in [9.17, 15) is 9.59 Å². The zero-order valence-corrected chi connectivity index (χ0v) is 10.7. The maximum Gasteiger partial charge on any atom is 0.258 e. The lowest BCUT2D eigenvalue weighted by atomic mass is 10.2. The van der Waals surface area contributed by atoms with E-state index >= 15 is 0 Å². The van der Waals surface area contributed by atoms with Crippen LogP contribution in [-0.4, -0.2) is 30.4 Å². The predicted molar refractivity (Wildman–Crippen MR) is 68.4 cm³/mol. The van der Waals surface area contributed by atoms with Crippen molar-refractivity contribution in [2.75, 3.05) is 17.8 Å². The number of nitrogens with one attached hydrogen (secondary N) is 1. The number of rotatable bonds is 3. The predicted octanol–water partition coefficient (Wildman–Crippen LogP) is 0.679. The molecule has 0 saturated heterocycles. The SMILES string of the molecule is NC(=O)C1CCOc2c(NC(=O)CCl)c[c]cc2O1. The Morgan fingerprint density at radius 3 is 3.00 bits per heavy atom. The van der Waals surface area contributed by atoms with Crippen molar-refractivity contribution in [1.82, 2.24) is 0 Å². The van der Waals surface area contributed by atoms with Gasteiger partial charge in [0.25, 0.3) is 5.91 Å². The number of alkyl halides is 1. The molecule has 2 rings (SSSR count). The maximum atomic E-state index is 11.3. The highest BCUT2D eigenvalue weighted by Crippen LogP contribution is 2.37. The van der Waals surface area contributed by atoms with Crippen LogP contribution in [0, 0.1) is 6.07 Å². The molecule has 1 aliphatic heterocycles. The highest BCUT2D eigenvalue weighted by atomic mass is 35.5. The number of ether oxygens (including phenoxy) is 2. The molecule has 0 bridgehead atoms. The van der Waals surface area contributed by atoms with E-state index in [1.807, 2.05) is 0 Å². The fourth-order valence-electron chi connectivity index (χ4n) is 1.66. The van der Waals surface area contributed by atoms with Crippen LogP contribution in [0.3, 0.4) is 0 Å². The quantitative estimate of drug-likeness (QED) is 0.798. The number of hydrogen-bond acceptors (Lipinski definition) is 4. The van der Waals surface area contributed by atoms with E-state index < -0.39 is 12.0 Å². The fourth-order valence-corrected chi connectivity index (χ4v) is 1.72. The Morgan fingerprint density at radius 2 is 2.32 bits per heavy atom. The molecular weight excluding hydrogens is 272 g/mol. The minimum atomic E-state index is -0.756. The second-order valence-corrected chi connectivity index (χ2v) is 4.16. The van der Waals surface area contributed by atoms with Gasteiger partial charge in [-0.05, 0) is 18.2 Å². The Hall–Kier alpha value is -1.95. The summed E-state index contributed by atoms with van der Waals surface area (Å²) in [5.74, 6) is -0.446. The zero-order chi connectivity index (χ0) is 13.8. The van der Waals surface area contributed by atoms with Crippen LogP contribution < -0.4 is 20.5 Å². The van der Waals surface area contributed by atoms with Crippen LogP contribution >= 0.6 is 11.6 Å². The average Bonchev–Trinajstić information content (AvgIpc) is 2.61. The number of anilines is 1. The molecule has 1 radical (unpaired) electrons. The van der Waals surface area contributed by atoms with Gasteiger partial charge >= 0.3 is 0 Å². The van der Waals surface area contributed by atoms with Gasteiger partial charge in [0.1, 0.15) is 5.88 Å². The first-order valence-electron chi connectivity index (χ1n) is 5.60. The van der Waals surface area contributed by atoms with Gasteiger partial charge in [-0.25, -0.2) is 0 Å². The van der Waals surface area contributed by atoms with E-state index in [1.54, 1.807) is 0 Å². The van der Waals surface area contributed by atoms with Crippen LogP contribution in [0.4, 0.5) is 5.69 Å². The summed E-state index contributed by atoms with van der Waals surface area (Å²) in [5, 5.41) is 2.57. The Morgan fingerprint density at radius 1 is 1.53 bits per heavy atom. The van der Waals surface area contributed by atoms with Crippen LogP contribution in [0.2, 0.25) is 0 Å². The molecule has 7 heteroatoms. The third kappa shape index (κ3) is 3.08. The molecule has 0 aliphatic carbocycles. The van der Waals surface area contributed by atoms with Crippen molar-refractivity contribution in [3.8, 4) is 11.5 Å². The van der Waals surface area contributed by atoms with Crippen molar-refractivity contribution in [3.05, 3.63) is 18.2 Å². The van der Waals surface area contributed by atoms with Crippen molar-refractivity contribution in [3.63, 3.8) is 0 Å². The molecule has 1 unspecified atom stereocenters. The highest BCUT2D eigenvalue weighted by Gasteiger charge is 2.25. The molecule has 0 spiro atoms. The summed E-state index contributed by atoms with van der Waals surface area (Å²) in [6.07, 6.45) is -0.416. The summed E-state index contributed by atoms with van der Waals surface area (Å²) in [6.45, 7) is 0.258. The van der Waals surface area contributed by atoms with Crippen molar-refractivity contribution in [2.45, 2.75) is 12.5 Å². The summed E-state index contributed by atoms with van der Waals surface area (Å²) >= 11 is 5.43. The second-order valence-electron chi connectivity index (χ2n) is 3.89. The fraction of sp³-hybridized carbons (Fsp3) is 0.333. The van der Waals surface area contributed by atoms with Crippen molar-refractivity contribution >= 4 is 29.1 Å². The smallest absolute Gasteiger partial charge is 0.258 e. The largest absolute Gasteiger partial charge is 0.487 e. The Balaban J connectivity index is 2.29. The summed E-state index contributed by atoms with van der Waals surface area (Å²) in [6, 6.07) is 5.85. The van der Waals surface area contributed by atoms with Gasteiger partial charge in [0.2, 0.25) is 5.91 Å². The van der Waals surface area contributed by atoms with E-state index in [0.717, 1.165) is 0 Å². The molecule has 19 heavy (non-hydrogen) atoms. The minimum absolute atomic E-state index is 0.172. The van der Waals surface area contributed by atoms with Crippen LogP contribution in [0.5, 0.6) is 11.5 Å². The third-order valence-electron chi connectivity index (χ3n) is 2.52. The first-order chi connectivity index (χ1) is 9.11. The summed E-state index contributed by atoms with van der Waals surface area (Å²) < 4.78 is 11.0. The Bertz CT molecular complexity index is 507. The van der Waals surface area contributed by atoms with E-state index in [-0.39, 0.29) is 18.4 Å². The average molecular weight is 284 g/mol. The third-order valence-corrected chi connectivity index (χ3v) is 2.76. The first-order valence-corrected chi connectivity index (χ1v) is 6.14. The molecule has 101 valence electrons. The number of carbonyl (C=O) groups is 2. The molecule has 3 N–H and O–H groups in total. The lowest BCUT2D eigenvalue weighted by molar-refractivity contribution is -0.124. The van der Waals surface area contributed by atoms with E-state index in [1.165, 1.54) is 12.1 Å². The Kier molecular flexibility index (Phi) is 4.11. The standard InChI is InChI=1S/C12H12ClN2O4/c13-6-10(16)15-7-2-1-3-8-11(7)18-5-4-9(19-8)12(14)17/h2-3,9H,4-6H2,(H2,14,17)(H,15,16). The number of hydrogen-bond donors (Lipinski definition) is 2. The Labute approximate surface area is 114 Å². The van der Waals surface area contributed by atoms with Crippen molar-refractivity contribution < 1.29 is 19.1 Å². The van der Waals surface area contributed by atoms with Crippen molar-refractivity contribution in [2.24, 2.45) is 5.73 Å². The van der Waals surface area contributed by atoms with Gasteiger partial charge in [-0.3, -0.25) is 9.59 Å². The minimum Gasteiger partial charge on any atom is -0.487 e. The van der Waals surface area contributed by atoms with Gasteiger partial charge in [-0.15, -0.1) is 11.6 Å². The first kappa shape index (κ1) is 13.5. The lowest BCUT2D eigenvalue weighted by Crippen LogP contribution is -2.33. The van der Waals surface area contributed by atoms with Gasteiger partial charge < -0.3 is 20.5 Å². The number of benzene rings is 1. The number of fused-ring (bicyclic) bond motifs is 1. The number of carbonyl (C=O) groups excluding carboxylic acids is 2. The van der Waals surface area contributed by atoms with E-state index in [0.29, 0.717) is 23.6 Å². The summed E-state index contributed by atoms with van der Waals surface area (Å²) in [5.41, 5.74) is 5.61. The monoisotopic (exact) mass is 283 g/mol. The van der Waals surface area contributed by atoms with E-state index in [4.69, 9.17) is 26.8 Å². The van der Waals surface area contributed by atoms with Crippen LogP contribution in [0.1, 0.15) is 6.42 Å². The van der Waals surface area contributed by atoms with Gasteiger partial charge in [0.05, 0.1) is 12.3 Å².